The predicted octanol–water partition coefficient (Wildman–Crippen LogP) is -1.26. The molecule has 0 radical (unpaired) electrons. The number of nitrogens with one attached hydrogen (secondary N) is 2. The lowest BCUT2D eigenvalue weighted by atomic mass is 10.0. The van der Waals surface area contributed by atoms with Crippen LogP contribution in [-0.4, -0.2) is 58.0 Å². The summed E-state index contributed by atoms with van der Waals surface area (Å²) in [6, 6.07) is 4.86. The quantitative estimate of drug-likeness (QED) is 0.226. The number of carbonyl (C=O) groups is 5. The van der Waals surface area contributed by atoms with Crippen molar-refractivity contribution in [1.82, 2.24) is 10.6 Å². The minimum Gasteiger partial charge on any atom is -0.481 e. The first-order valence-corrected chi connectivity index (χ1v) is 9.23. The topological polar surface area (TPSA) is 202 Å². The molecule has 11 heteroatoms. The van der Waals surface area contributed by atoms with Crippen molar-refractivity contribution >= 4 is 29.7 Å². The maximum atomic E-state index is 12.6. The lowest BCUT2D eigenvalue weighted by Gasteiger charge is -2.22. The molecule has 0 bridgehead atoms. The number of hydrogen-bond acceptors (Lipinski definition) is 6. The zero-order valence-corrected chi connectivity index (χ0v) is 16.2. The zero-order valence-electron chi connectivity index (χ0n) is 16.2. The average Bonchev–Trinajstić information content (AvgIpc) is 2.68. The van der Waals surface area contributed by atoms with Gasteiger partial charge in [-0.05, 0) is 18.4 Å². The van der Waals surface area contributed by atoms with Crippen molar-refractivity contribution in [3.8, 4) is 0 Å². The molecule has 0 aromatic heterocycles. The van der Waals surface area contributed by atoms with E-state index < -0.39 is 54.2 Å². The Morgan fingerprint density at radius 3 is 2.00 bits per heavy atom. The Hall–Kier alpha value is -3.47. The van der Waals surface area contributed by atoms with Crippen molar-refractivity contribution in [3.63, 3.8) is 0 Å². The Morgan fingerprint density at radius 1 is 0.867 bits per heavy atom. The molecule has 8 N–H and O–H groups in total. The number of rotatable bonds is 13. The van der Waals surface area contributed by atoms with E-state index in [-0.39, 0.29) is 25.7 Å². The maximum Gasteiger partial charge on any atom is 0.326 e. The van der Waals surface area contributed by atoms with E-state index in [1.54, 1.807) is 30.3 Å². The number of carboxylic acids is 2. The zero-order chi connectivity index (χ0) is 22.7. The summed E-state index contributed by atoms with van der Waals surface area (Å²) in [6.07, 6.45) is -0.906. The molecule has 0 aliphatic rings. The molecule has 164 valence electrons. The van der Waals surface area contributed by atoms with E-state index in [1.165, 1.54) is 0 Å². The molecule has 0 spiro atoms. The van der Waals surface area contributed by atoms with Gasteiger partial charge < -0.3 is 32.3 Å². The Labute approximate surface area is 172 Å². The predicted molar refractivity (Wildman–Crippen MR) is 105 cm³/mol. The second kappa shape index (κ2) is 12.2. The molecular weight excluding hydrogens is 396 g/mol. The summed E-state index contributed by atoms with van der Waals surface area (Å²) < 4.78 is 0. The average molecular weight is 422 g/mol. The van der Waals surface area contributed by atoms with Crippen LogP contribution in [-0.2, 0) is 30.4 Å². The molecule has 0 aliphatic heterocycles. The number of nitrogens with two attached hydrogens (primary N) is 2. The minimum absolute atomic E-state index is 0.000361. The molecule has 0 aliphatic carbocycles. The Bertz CT molecular complexity index is 769. The van der Waals surface area contributed by atoms with Crippen molar-refractivity contribution < 1.29 is 34.2 Å². The third-order valence-corrected chi connectivity index (χ3v) is 4.22. The van der Waals surface area contributed by atoms with Crippen LogP contribution >= 0.6 is 0 Å². The van der Waals surface area contributed by atoms with Crippen LogP contribution in [0.4, 0.5) is 0 Å². The number of hydrogen-bond donors (Lipinski definition) is 6. The maximum absolute atomic E-state index is 12.6. The number of carboxylic acid groups (broad SMARTS) is 2. The third-order valence-electron chi connectivity index (χ3n) is 4.22. The number of aliphatic carboxylic acids is 2. The lowest BCUT2D eigenvalue weighted by molar-refractivity contribution is -0.143. The third kappa shape index (κ3) is 9.15. The molecule has 1 aromatic carbocycles. The number of carbonyl (C=O) groups excluding carboxylic acids is 3. The van der Waals surface area contributed by atoms with Gasteiger partial charge in [-0.2, -0.15) is 0 Å². The van der Waals surface area contributed by atoms with Crippen molar-refractivity contribution in [2.45, 2.75) is 50.2 Å². The Kier molecular flexibility index (Phi) is 9.97. The Balaban J connectivity index is 2.84. The molecule has 0 heterocycles. The highest BCUT2D eigenvalue weighted by atomic mass is 16.4. The van der Waals surface area contributed by atoms with Crippen LogP contribution in [0.25, 0.3) is 0 Å². The standard InChI is InChI=1S/C19H26N4O7/c20-12(6-8-15(21)24)17(27)22-13(7-9-16(25)26)18(28)23-14(19(29)30)10-11-4-2-1-3-5-11/h1-5,12-14H,6-10,20H2,(H2,21,24)(H,22,27)(H,23,28)(H,25,26)(H,29,30). The highest BCUT2D eigenvalue weighted by Gasteiger charge is 2.28. The summed E-state index contributed by atoms with van der Waals surface area (Å²) in [6.45, 7) is 0. The molecule has 11 nitrogen and oxygen atoms in total. The van der Waals surface area contributed by atoms with E-state index >= 15 is 0 Å². The summed E-state index contributed by atoms with van der Waals surface area (Å²) in [5.41, 5.74) is 11.3. The van der Waals surface area contributed by atoms with Gasteiger partial charge in [0, 0.05) is 19.3 Å². The summed E-state index contributed by atoms with van der Waals surface area (Å²) in [4.78, 5) is 58.0. The van der Waals surface area contributed by atoms with Crippen molar-refractivity contribution in [3.05, 3.63) is 35.9 Å². The van der Waals surface area contributed by atoms with Crippen LogP contribution in [0, 0.1) is 0 Å². The van der Waals surface area contributed by atoms with Crippen LogP contribution in [0.5, 0.6) is 0 Å². The highest BCUT2D eigenvalue weighted by molar-refractivity contribution is 5.92. The van der Waals surface area contributed by atoms with Gasteiger partial charge >= 0.3 is 11.9 Å². The van der Waals surface area contributed by atoms with Crippen LogP contribution in [0.3, 0.4) is 0 Å². The summed E-state index contributed by atoms with van der Waals surface area (Å²) in [5.74, 6) is -4.76. The molecule has 0 saturated carbocycles. The second-order valence-electron chi connectivity index (χ2n) is 6.69. The van der Waals surface area contributed by atoms with Crippen molar-refractivity contribution in [1.29, 1.82) is 0 Å². The van der Waals surface area contributed by atoms with Gasteiger partial charge in [-0.1, -0.05) is 30.3 Å². The monoisotopic (exact) mass is 422 g/mol. The molecule has 1 aromatic rings. The van der Waals surface area contributed by atoms with Crippen molar-refractivity contribution in [2.24, 2.45) is 11.5 Å². The minimum atomic E-state index is -1.31. The van der Waals surface area contributed by atoms with E-state index in [2.05, 4.69) is 10.6 Å². The molecule has 3 atom stereocenters. The lowest BCUT2D eigenvalue weighted by Crippen LogP contribution is -2.55. The normalized spacial score (nSPS) is 13.5. The fourth-order valence-corrected chi connectivity index (χ4v) is 2.57. The van der Waals surface area contributed by atoms with Crippen LogP contribution in [0.2, 0.25) is 0 Å². The molecule has 30 heavy (non-hydrogen) atoms. The van der Waals surface area contributed by atoms with Gasteiger partial charge in [-0.3, -0.25) is 19.2 Å². The van der Waals surface area contributed by atoms with Crippen LogP contribution < -0.4 is 22.1 Å². The molecular formula is C19H26N4O7. The summed E-state index contributed by atoms with van der Waals surface area (Å²) in [5, 5.41) is 22.9. The molecule has 3 amide bonds. The largest absolute Gasteiger partial charge is 0.481 e. The molecule has 3 unspecified atom stereocenters. The first-order chi connectivity index (χ1) is 14.1. The fourth-order valence-electron chi connectivity index (χ4n) is 2.57. The van der Waals surface area contributed by atoms with Gasteiger partial charge in [0.15, 0.2) is 0 Å². The second-order valence-corrected chi connectivity index (χ2v) is 6.69. The van der Waals surface area contributed by atoms with E-state index in [0.717, 1.165) is 0 Å². The smallest absolute Gasteiger partial charge is 0.326 e. The van der Waals surface area contributed by atoms with Crippen molar-refractivity contribution in [2.75, 3.05) is 0 Å². The number of primary amides is 1. The van der Waals surface area contributed by atoms with Crippen LogP contribution in [0.15, 0.2) is 30.3 Å². The molecule has 0 saturated heterocycles. The highest BCUT2D eigenvalue weighted by Crippen LogP contribution is 2.06. The van der Waals surface area contributed by atoms with E-state index in [1.807, 2.05) is 0 Å². The van der Waals surface area contributed by atoms with E-state index in [9.17, 15) is 29.1 Å². The number of benzene rings is 1. The van der Waals surface area contributed by atoms with Gasteiger partial charge in [0.05, 0.1) is 6.04 Å². The number of amides is 3. The van der Waals surface area contributed by atoms with Crippen LogP contribution in [0.1, 0.15) is 31.2 Å². The SMILES string of the molecule is NC(=O)CCC(N)C(=O)NC(CCC(=O)O)C(=O)NC(Cc1ccccc1)C(=O)O. The fraction of sp³-hybridized carbons (Fsp3) is 0.421. The molecule has 1 rings (SSSR count). The van der Waals surface area contributed by atoms with Gasteiger partial charge in [0.1, 0.15) is 12.1 Å². The van der Waals surface area contributed by atoms with Gasteiger partial charge in [0.2, 0.25) is 17.7 Å². The summed E-state index contributed by atoms with van der Waals surface area (Å²) >= 11 is 0. The molecule has 0 fully saturated rings. The van der Waals surface area contributed by atoms with E-state index in [4.69, 9.17) is 16.6 Å². The van der Waals surface area contributed by atoms with Gasteiger partial charge in [0.25, 0.3) is 0 Å². The Morgan fingerprint density at radius 2 is 1.47 bits per heavy atom. The summed E-state index contributed by atoms with van der Waals surface area (Å²) in [7, 11) is 0. The van der Waals surface area contributed by atoms with Gasteiger partial charge in [-0.15, -0.1) is 0 Å². The van der Waals surface area contributed by atoms with Gasteiger partial charge in [-0.25, -0.2) is 4.79 Å². The first kappa shape index (κ1) is 24.6. The first-order valence-electron chi connectivity index (χ1n) is 9.23. The van der Waals surface area contributed by atoms with E-state index in [0.29, 0.717) is 5.56 Å².